The van der Waals surface area contributed by atoms with Crippen LogP contribution in [0.15, 0.2) is 24.3 Å². The Morgan fingerprint density at radius 1 is 1.07 bits per heavy atom. The van der Waals surface area contributed by atoms with Crippen molar-refractivity contribution in [2.75, 3.05) is 7.11 Å². The fourth-order valence-electron chi connectivity index (χ4n) is 3.85. The minimum Gasteiger partial charge on any atom is -0.469 e. The molecule has 1 saturated carbocycles. The number of ketones is 1. The Morgan fingerprint density at radius 2 is 1.79 bits per heavy atom. The molecule has 0 aromatic heterocycles. The number of carbonyl (C=O) groups excluding carboxylic acids is 2. The highest BCUT2D eigenvalue weighted by atomic mass is 16.5. The van der Waals surface area contributed by atoms with Gasteiger partial charge >= 0.3 is 5.97 Å². The fraction of sp³-hybridized carbons (Fsp3) is 0.760. The molecule has 0 aliphatic heterocycles. The van der Waals surface area contributed by atoms with Gasteiger partial charge in [0.2, 0.25) is 0 Å². The lowest BCUT2D eigenvalue weighted by Gasteiger charge is -2.28. The van der Waals surface area contributed by atoms with Crippen molar-refractivity contribution in [3.05, 3.63) is 24.3 Å². The molecule has 0 heterocycles. The Morgan fingerprint density at radius 3 is 2.45 bits per heavy atom. The van der Waals surface area contributed by atoms with Crippen molar-refractivity contribution in [2.24, 2.45) is 11.8 Å². The molecule has 1 fully saturated rings. The lowest BCUT2D eigenvalue weighted by molar-refractivity contribution is -0.140. The molecule has 4 nitrogen and oxygen atoms in total. The molecule has 0 bridgehead atoms. The molecule has 1 aliphatic carbocycles. The van der Waals surface area contributed by atoms with E-state index in [1.54, 1.807) is 0 Å². The van der Waals surface area contributed by atoms with E-state index in [0.717, 1.165) is 25.7 Å². The molecule has 0 aromatic rings. The van der Waals surface area contributed by atoms with E-state index in [2.05, 4.69) is 56.7 Å². The molecular formula is C25H42O4. The summed E-state index contributed by atoms with van der Waals surface area (Å²) in [5.41, 5.74) is -0.253. The number of methoxy groups -OCH3 is 1. The van der Waals surface area contributed by atoms with Crippen molar-refractivity contribution in [1.82, 2.24) is 0 Å². The summed E-state index contributed by atoms with van der Waals surface area (Å²) in [6.45, 7) is 8.38. The summed E-state index contributed by atoms with van der Waals surface area (Å²) >= 11 is 0. The minimum absolute atomic E-state index is 0.00824. The van der Waals surface area contributed by atoms with Gasteiger partial charge in [0.05, 0.1) is 18.8 Å². The van der Waals surface area contributed by atoms with E-state index in [0.29, 0.717) is 18.6 Å². The van der Waals surface area contributed by atoms with Crippen LogP contribution in [-0.4, -0.2) is 30.6 Å². The number of ether oxygens (including phenoxy) is 2. The average molecular weight is 407 g/mol. The molecule has 1 rings (SSSR count). The van der Waals surface area contributed by atoms with Gasteiger partial charge in [-0.1, -0.05) is 50.5 Å². The highest BCUT2D eigenvalue weighted by Crippen LogP contribution is 2.37. The Balaban J connectivity index is 2.63. The molecule has 1 aliphatic rings. The molecule has 0 amide bonds. The number of rotatable bonds is 13. The van der Waals surface area contributed by atoms with Crippen molar-refractivity contribution in [1.29, 1.82) is 0 Å². The SMILES string of the molecule is CCCCCC/C=C/[C@H]1C(OC(C)(C)C)CC(=O)[C@@H]1C/C=C\CCCC(=O)OC. The highest BCUT2D eigenvalue weighted by molar-refractivity contribution is 5.85. The van der Waals surface area contributed by atoms with Gasteiger partial charge < -0.3 is 9.47 Å². The Bertz CT molecular complexity index is 542. The van der Waals surface area contributed by atoms with Gasteiger partial charge in [0.15, 0.2) is 0 Å². The number of esters is 1. The largest absolute Gasteiger partial charge is 0.469 e. The van der Waals surface area contributed by atoms with Crippen LogP contribution in [-0.2, 0) is 19.1 Å². The zero-order chi connectivity index (χ0) is 21.7. The van der Waals surface area contributed by atoms with Crippen molar-refractivity contribution < 1.29 is 19.1 Å². The quantitative estimate of drug-likeness (QED) is 0.208. The van der Waals surface area contributed by atoms with Crippen LogP contribution in [0, 0.1) is 11.8 Å². The second-order valence-electron chi connectivity index (χ2n) is 9.08. The minimum atomic E-state index is -0.253. The Hall–Kier alpha value is -1.42. The van der Waals surface area contributed by atoms with Crippen LogP contribution in [0.5, 0.6) is 0 Å². The van der Waals surface area contributed by atoms with E-state index in [4.69, 9.17) is 4.74 Å². The first-order valence-electron chi connectivity index (χ1n) is 11.4. The summed E-state index contributed by atoms with van der Waals surface area (Å²) in [6.07, 6.45) is 18.0. The summed E-state index contributed by atoms with van der Waals surface area (Å²) < 4.78 is 10.9. The first-order valence-corrected chi connectivity index (χ1v) is 11.4. The maximum absolute atomic E-state index is 12.7. The predicted octanol–water partition coefficient (Wildman–Crippen LogP) is 6.19. The fourth-order valence-corrected chi connectivity index (χ4v) is 3.85. The van der Waals surface area contributed by atoms with Gasteiger partial charge in [0.25, 0.3) is 0 Å². The van der Waals surface area contributed by atoms with Crippen LogP contribution in [0.4, 0.5) is 0 Å². The number of hydrogen-bond donors (Lipinski definition) is 0. The van der Waals surface area contributed by atoms with Gasteiger partial charge in [-0.25, -0.2) is 0 Å². The van der Waals surface area contributed by atoms with E-state index >= 15 is 0 Å². The maximum atomic E-state index is 12.7. The van der Waals surface area contributed by atoms with E-state index < -0.39 is 0 Å². The molecule has 0 saturated heterocycles. The van der Waals surface area contributed by atoms with Gasteiger partial charge in [-0.2, -0.15) is 0 Å². The number of unbranched alkanes of at least 4 members (excludes halogenated alkanes) is 5. The summed E-state index contributed by atoms with van der Waals surface area (Å²) in [5.74, 6) is 0.272. The van der Waals surface area contributed by atoms with Gasteiger partial charge in [0.1, 0.15) is 5.78 Å². The standard InChI is InChI=1S/C25H42O4/c1-6-7-8-9-10-14-17-21-20(16-13-11-12-15-18-24(27)28-5)22(26)19-23(21)29-25(2,3)4/h11,13-14,17,20-21,23H,6-10,12,15-16,18-19H2,1-5H3/b13-11-,17-14+/t20-,21-,23?/m1/s1. The normalized spacial score (nSPS) is 22.8. The van der Waals surface area contributed by atoms with E-state index in [1.165, 1.54) is 32.8 Å². The third-order valence-electron chi connectivity index (χ3n) is 5.33. The summed E-state index contributed by atoms with van der Waals surface area (Å²) in [6, 6.07) is 0. The molecule has 29 heavy (non-hydrogen) atoms. The first kappa shape index (κ1) is 25.6. The van der Waals surface area contributed by atoms with E-state index in [-0.39, 0.29) is 29.5 Å². The smallest absolute Gasteiger partial charge is 0.305 e. The Kier molecular flexibility index (Phi) is 12.1. The van der Waals surface area contributed by atoms with Crippen molar-refractivity contribution in [2.45, 2.75) is 104 Å². The first-order chi connectivity index (χ1) is 13.8. The highest BCUT2D eigenvalue weighted by Gasteiger charge is 2.42. The van der Waals surface area contributed by atoms with Crippen LogP contribution >= 0.6 is 0 Å². The second kappa shape index (κ2) is 13.7. The van der Waals surface area contributed by atoms with Gasteiger partial charge in [-0.3, -0.25) is 9.59 Å². The topological polar surface area (TPSA) is 52.6 Å². The van der Waals surface area contributed by atoms with Crippen LogP contribution in [0.1, 0.15) is 91.9 Å². The zero-order valence-corrected chi connectivity index (χ0v) is 19.2. The van der Waals surface area contributed by atoms with Crippen LogP contribution in [0.25, 0.3) is 0 Å². The Labute approximate surface area is 178 Å². The van der Waals surface area contributed by atoms with Gasteiger partial charge in [-0.15, -0.1) is 0 Å². The molecule has 0 N–H and O–H groups in total. The predicted molar refractivity (Wildman–Crippen MR) is 119 cm³/mol. The molecule has 3 atom stereocenters. The molecule has 0 radical (unpaired) electrons. The zero-order valence-electron chi connectivity index (χ0n) is 19.2. The third-order valence-corrected chi connectivity index (χ3v) is 5.33. The third kappa shape index (κ3) is 10.8. The monoisotopic (exact) mass is 406 g/mol. The van der Waals surface area contributed by atoms with Crippen molar-refractivity contribution in [3.8, 4) is 0 Å². The van der Waals surface area contributed by atoms with Gasteiger partial charge in [-0.05, 0) is 52.9 Å². The average Bonchev–Trinajstić information content (AvgIpc) is 2.93. The summed E-state index contributed by atoms with van der Waals surface area (Å²) in [7, 11) is 1.41. The summed E-state index contributed by atoms with van der Waals surface area (Å²) in [5, 5.41) is 0. The van der Waals surface area contributed by atoms with Gasteiger partial charge in [0, 0.05) is 24.7 Å². The number of allylic oxidation sites excluding steroid dienone is 3. The molecule has 1 unspecified atom stereocenters. The van der Waals surface area contributed by atoms with Crippen molar-refractivity contribution in [3.63, 3.8) is 0 Å². The molecule has 0 aromatic carbocycles. The molecule has 0 spiro atoms. The number of Topliss-reactive ketones (excluding diaryl/α,β-unsaturated/α-hetero) is 1. The van der Waals surface area contributed by atoms with Crippen molar-refractivity contribution >= 4 is 11.8 Å². The number of carbonyl (C=O) groups is 2. The maximum Gasteiger partial charge on any atom is 0.305 e. The second-order valence-corrected chi connectivity index (χ2v) is 9.08. The molecular weight excluding hydrogens is 364 g/mol. The van der Waals surface area contributed by atoms with E-state index in [9.17, 15) is 9.59 Å². The summed E-state index contributed by atoms with van der Waals surface area (Å²) in [4.78, 5) is 23.9. The lowest BCUT2D eigenvalue weighted by atomic mass is 9.90. The van der Waals surface area contributed by atoms with Crippen LogP contribution in [0.3, 0.4) is 0 Å². The lowest BCUT2D eigenvalue weighted by Crippen LogP contribution is -2.30. The van der Waals surface area contributed by atoms with Crippen LogP contribution in [0.2, 0.25) is 0 Å². The van der Waals surface area contributed by atoms with E-state index in [1.807, 2.05) is 0 Å². The number of hydrogen-bond acceptors (Lipinski definition) is 4. The van der Waals surface area contributed by atoms with Crippen LogP contribution < -0.4 is 0 Å². The molecule has 4 heteroatoms. The molecule has 166 valence electrons.